The van der Waals surface area contributed by atoms with Crippen molar-refractivity contribution in [2.75, 3.05) is 5.75 Å². The van der Waals surface area contributed by atoms with Crippen molar-refractivity contribution in [1.82, 2.24) is 0 Å². The van der Waals surface area contributed by atoms with Crippen molar-refractivity contribution in [3.8, 4) is 0 Å². The topological polar surface area (TPSA) is 50.8 Å². The molecule has 7 heavy (non-hydrogen) atoms. The van der Waals surface area contributed by atoms with Gasteiger partial charge in [0.05, 0.1) is 5.75 Å². The Balaban J connectivity index is 3.89. The Bertz CT molecular complexity index is 116. The molecular formula is C3H9NO2S. The van der Waals surface area contributed by atoms with Crippen LogP contribution in [-0.2, 0) is 10.0 Å². The number of rotatable bonds is 2. The van der Waals surface area contributed by atoms with E-state index in [0.29, 0.717) is 0 Å². The van der Waals surface area contributed by atoms with Gasteiger partial charge in [0.15, 0.2) is 0 Å². The Kier molecular flexibility index (Phi) is 2.25. The highest BCUT2D eigenvalue weighted by molar-refractivity contribution is 7.84. The standard InChI is InChI=1S/C3H9NO2S/c1-3-7(5,6)4-2/h2-4H2,1H3. The molecule has 0 saturated heterocycles. The molecule has 0 aliphatic carbocycles. The van der Waals surface area contributed by atoms with Crippen LogP contribution in [0.15, 0.2) is 0 Å². The smallest absolute Gasteiger partial charge is 0.269 e. The van der Waals surface area contributed by atoms with Crippen LogP contribution in [0.25, 0.3) is 0 Å². The molecule has 0 aromatic rings. The fraction of sp³-hybridized carbons (Fsp3) is 0.667. The highest BCUT2D eigenvalue weighted by Crippen LogP contribution is 1.66. The lowest BCUT2D eigenvalue weighted by Crippen LogP contribution is -2.81. The summed E-state index contributed by atoms with van der Waals surface area (Å²) >= 11 is 0. The van der Waals surface area contributed by atoms with Crippen LogP contribution < -0.4 is 4.72 Å². The van der Waals surface area contributed by atoms with Gasteiger partial charge in [-0.25, -0.2) is 0 Å². The highest BCUT2D eigenvalue weighted by atomic mass is 32.2. The van der Waals surface area contributed by atoms with Gasteiger partial charge in [0.1, 0.15) is 0 Å². The normalized spacial score (nSPS) is 11.7. The van der Waals surface area contributed by atoms with Gasteiger partial charge < -0.3 is 4.72 Å². The fourth-order valence-corrected chi connectivity index (χ4v) is 0.354. The van der Waals surface area contributed by atoms with Crippen molar-refractivity contribution in [2.45, 2.75) is 6.92 Å². The molecule has 0 heterocycles. The lowest BCUT2D eigenvalue weighted by Gasteiger charge is -1.94. The molecule has 0 amide bonds. The van der Waals surface area contributed by atoms with Crippen molar-refractivity contribution in [3.05, 3.63) is 7.05 Å². The molecule has 4 heteroatoms. The first kappa shape index (κ1) is 6.91. The number of quaternary nitrogens is 1. The van der Waals surface area contributed by atoms with E-state index in [1.54, 1.807) is 6.92 Å². The molecule has 3 nitrogen and oxygen atoms in total. The van der Waals surface area contributed by atoms with Crippen LogP contribution in [-0.4, -0.2) is 14.2 Å². The summed E-state index contributed by atoms with van der Waals surface area (Å²) in [6, 6.07) is 0. The van der Waals surface area contributed by atoms with E-state index in [9.17, 15) is 8.42 Å². The highest BCUT2D eigenvalue weighted by Gasteiger charge is 1.98. The minimum absolute atomic E-state index is 0.149. The second-order valence-electron chi connectivity index (χ2n) is 1.12. The molecule has 0 aromatic heterocycles. The molecule has 0 atom stereocenters. The zero-order valence-electron chi connectivity index (χ0n) is 4.22. The van der Waals surface area contributed by atoms with E-state index >= 15 is 0 Å². The van der Waals surface area contributed by atoms with E-state index in [4.69, 9.17) is 0 Å². The van der Waals surface area contributed by atoms with Gasteiger partial charge >= 0.3 is 0 Å². The van der Waals surface area contributed by atoms with Gasteiger partial charge in [-0.05, 0) is 6.92 Å². The van der Waals surface area contributed by atoms with E-state index in [1.807, 2.05) is 0 Å². The lowest BCUT2D eigenvalue weighted by atomic mass is 11.0. The predicted molar refractivity (Wildman–Crippen MR) is 26.7 cm³/mol. The van der Waals surface area contributed by atoms with E-state index in [-0.39, 0.29) is 5.75 Å². The van der Waals surface area contributed by atoms with E-state index in [0.717, 1.165) is 4.72 Å². The summed E-state index contributed by atoms with van der Waals surface area (Å²) in [4.78, 5) is 0. The van der Waals surface area contributed by atoms with Crippen LogP contribution >= 0.6 is 0 Å². The molecule has 0 aliphatic rings. The lowest BCUT2D eigenvalue weighted by molar-refractivity contribution is -0.424. The summed E-state index contributed by atoms with van der Waals surface area (Å²) in [5, 5.41) is 0. The third-order valence-corrected chi connectivity index (χ3v) is 1.97. The monoisotopic (exact) mass is 123 g/mol. The van der Waals surface area contributed by atoms with Gasteiger partial charge in [0, 0.05) is 0 Å². The first-order valence-corrected chi connectivity index (χ1v) is 3.69. The first-order valence-electron chi connectivity index (χ1n) is 1.97. The van der Waals surface area contributed by atoms with Gasteiger partial charge in [-0.1, -0.05) is 0 Å². The van der Waals surface area contributed by atoms with E-state index < -0.39 is 10.0 Å². The molecule has 0 radical (unpaired) electrons. The molecule has 0 fully saturated rings. The van der Waals surface area contributed by atoms with Crippen LogP contribution in [0.3, 0.4) is 0 Å². The quantitative estimate of drug-likeness (QED) is 0.463. The summed E-state index contributed by atoms with van der Waals surface area (Å²) in [5.74, 6) is 0.149. The Morgan fingerprint density at radius 2 is 2.14 bits per heavy atom. The van der Waals surface area contributed by atoms with Gasteiger partial charge in [-0.3, -0.25) is 0 Å². The van der Waals surface area contributed by atoms with Crippen molar-refractivity contribution in [3.63, 3.8) is 0 Å². The van der Waals surface area contributed by atoms with Crippen LogP contribution in [0.4, 0.5) is 0 Å². The molecule has 0 aliphatic heterocycles. The average Bonchev–Trinajstić information content (AvgIpc) is 1.68. The maximum Gasteiger partial charge on any atom is 0.269 e. The Hall–Kier alpha value is -0.0900. The largest absolute Gasteiger partial charge is 0.372 e. The summed E-state index contributed by atoms with van der Waals surface area (Å²) in [5.41, 5.74) is 0. The van der Waals surface area contributed by atoms with Crippen molar-refractivity contribution >= 4 is 10.0 Å². The zero-order chi connectivity index (χ0) is 5.91. The molecule has 0 bridgehead atoms. The number of hydrogen-bond acceptors (Lipinski definition) is 2. The third kappa shape index (κ3) is 2.59. The Labute approximate surface area is 43.8 Å². The number of sulfonamides is 1. The van der Waals surface area contributed by atoms with E-state index in [1.165, 1.54) is 0 Å². The number of nitrogens with two attached hydrogens (primary N) is 1. The molecule has 0 unspecified atom stereocenters. The van der Waals surface area contributed by atoms with Crippen LogP contribution in [0, 0.1) is 7.05 Å². The second-order valence-corrected chi connectivity index (χ2v) is 3.35. The minimum Gasteiger partial charge on any atom is -0.372 e. The van der Waals surface area contributed by atoms with Crippen LogP contribution in [0.1, 0.15) is 6.92 Å². The average molecular weight is 123 g/mol. The first-order chi connectivity index (χ1) is 3.12. The van der Waals surface area contributed by atoms with Crippen molar-refractivity contribution in [2.24, 2.45) is 0 Å². The third-order valence-electron chi connectivity index (χ3n) is 0.656. The summed E-state index contributed by atoms with van der Waals surface area (Å²) in [6.45, 7) is 1.58. The Morgan fingerprint density at radius 3 is 2.14 bits per heavy atom. The maximum absolute atomic E-state index is 10.2. The molecule has 0 aromatic carbocycles. The van der Waals surface area contributed by atoms with Gasteiger partial charge in [0.2, 0.25) is 0 Å². The van der Waals surface area contributed by atoms with Crippen LogP contribution in [0.2, 0.25) is 0 Å². The molecule has 0 spiro atoms. The Morgan fingerprint density at radius 1 is 1.71 bits per heavy atom. The molecule has 2 N–H and O–H groups in total. The molecule has 44 valence electrons. The van der Waals surface area contributed by atoms with Gasteiger partial charge in [0.25, 0.3) is 10.0 Å². The van der Waals surface area contributed by atoms with Crippen LogP contribution in [0.5, 0.6) is 0 Å². The van der Waals surface area contributed by atoms with Gasteiger partial charge in [-0.2, -0.15) is 8.42 Å². The SMILES string of the molecule is [CH2-][NH2+]S(=O)(=O)CC. The predicted octanol–water partition coefficient (Wildman–Crippen LogP) is -1.31. The maximum atomic E-state index is 10.2. The second kappa shape index (κ2) is 2.28. The van der Waals surface area contributed by atoms with Crippen molar-refractivity contribution < 1.29 is 13.1 Å². The zero-order valence-corrected chi connectivity index (χ0v) is 5.03. The molecule has 0 saturated carbocycles. The number of hydrogen-bond donors (Lipinski definition) is 1. The number of primary sulfonamides is 1. The van der Waals surface area contributed by atoms with Gasteiger partial charge in [-0.15, -0.1) is 7.05 Å². The van der Waals surface area contributed by atoms with Crippen molar-refractivity contribution in [1.29, 1.82) is 0 Å². The summed E-state index contributed by atoms with van der Waals surface area (Å²) in [6.07, 6.45) is 0. The fourth-order valence-electron chi connectivity index (χ4n) is 0.118. The summed E-state index contributed by atoms with van der Waals surface area (Å²) < 4.78 is 21.5. The molecule has 0 rings (SSSR count). The summed E-state index contributed by atoms with van der Waals surface area (Å²) in [7, 11) is 0.222. The molecular weight excluding hydrogens is 114 g/mol. The minimum atomic E-state index is -2.89. The van der Waals surface area contributed by atoms with E-state index in [2.05, 4.69) is 7.05 Å².